The molecule has 2 atom stereocenters. The minimum Gasteiger partial charge on any atom is -0.369 e. The number of piperazine rings is 1. The van der Waals surface area contributed by atoms with E-state index in [0.29, 0.717) is 0 Å². The third kappa shape index (κ3) is 2.84. The highest BCUT2D eigenvalue weighted by atomic mass is 15.3. The molecule has 3 rings (SSSR count). The Bertz CT molecular complexity index is 428. The van der Waals surface area contributed by atoms with Crippen molar-refractivity contribution in [2.45, 2.75) is 44.7 Å². The van der Waals surface area contributed by atoms with Gasteiger partial charge in [0, 0.05) is 37.4 Å². The molecule has 110 valence electrons. The molecule has 3 heteroatoms. The quantitative estimate of drug-likeness (QED) is 0.919. The van der Waals surface area contributed by atoms with Gasteiger partial charge in [-0.15, -0.1) is 0 Å². The summed E-state index contributed by atoms with van der Waals surface area (Å²) in [5.74, 6) is 0. The van der Waals surface area contributed by atoms with Gasteiger partial charge in [-0.3, -0.25) is 4.90 Å². The molecule has 2 N–H and O–H groups in total. The molecule has 2 aliphatic heterocycles. The van der Waals surface area contributed by atoms with Crippen LogP contribution < -0.4 is 10.6 Å². The lowest BCUT2D eigenvalue weighted by atomic mass is 9.99. The SMILES string of the molecule is CCC(N)c1ccc(N2CCN3CCCCC3C2)cc1. The summed E-state index contributed by atoms with van der Waals surface area (Å²) in [6.45, 7) is 7.03. The number of nitrogens with two attached hydrogens (primary N) is 1. The highest BCUT2D eigenvalue weighted by molar-refractivity contribution is 5.48. The van der Waals surface area contributed by atoms with Crippen LogP contribution in [-0.4, -0.2) is 37.1 Å². The molecule has 0 bridgehead atoms. The van der Waals surface area contributed by atoms with Crippen LogP contribution in [-0.2, 0) is 0 Å². The standard InChI is InChI=1S/C17H27N3/c1-2-17(18)14-6-8-15(9-7-14)20-12-11-19-10-4-3-5-16(19)13-20/h6-9,16-17H,2-5,10-13,18H2,1H3. The second-order valence-corrected chi connectivity index (χ2v) is 6.24. The first-order chi connectivity index (χ1) is 9.78. The van der Waals surface area contributed by atoms with E-state index in [1.807, 2.05) is 0 Å². The molecule has 0 spiro atoms. The number of rotatable bonds is 3. The zero-order valence-electron chi connectivity index (χ0n) is 12.6. The van der Waals surface area contributed by atoms with E-state index in [-0.39, 0.29) is 6.04 Å². The minimum atomic E-state index is 0.180. The third-order valence-corrected chi connectivity index (χ3v) is 4.96. The van der Waals surface area contributed by atoms with Crippen molar-refractivity contribution in [1.82, 2.24) is 4.90 Å². The first-order valence-electron chi connectivity index (χ1n) is 8.12. The average Bonchev–Trinajstić information content (AvgIpc) is 2.54. The van der Waals surface area contributed by atoms with Gasteiger partial charge in [0.2, 0.25) is 0 Å². The van der Waals surface area contributed by atoms with E-state index in [9.17, 15) is 0 Å². The summed E-state index contributed by atoms with van der Waals surface area (Å²) < 4.78 is 0. The maximum Gasteiger partial charge on any atom is 0.0367 e. The van der Waals surface area contributed by atoms with Gasteiger partial charge in [0.15, 0.2) is 0 Å². The highest BCUT2D eigenvalue weighted by Gasteiger charge is 2.28. The fourth-order valence-electron chi connectivity index (χ4n) is 3.56. The summed E-state index contributed by atoms with van der Waals surface area (Å²) in [4.78, 5) is 5.23. The second-order valence-electron chi connectivity index (χ2n) is 6.24. The van der Waals surface area contributed by atoms with E-state index in [1.165, 1.54) is 50.1 Å². The van der Waals surface area contributed by atoms with Crippen LogP contribution in [0, 0.1) is 0 Å². The fourth-order valence-corrected chi connectivity index (χ4v) is 3.56. The molecule has 2 aliphatic rings. The fraction of sp³-hybridized carbons (Fsp3) is 0.647. The molecule has 3 nitrogen and oxygen atoms in total. The van der Waals surface area contributed by atoms with Gasteiger partial charge in [-0.2, -0.15) is 0 Å². The zero-order chi connectivity index (χ0) is 13.9. The topological polar surface area (TPSA) is 32.5 Å². The van der Waals surface area contributed by atoms with Crippen LogP contribution in [0.4, 0.5) is 5.69 Å². The average molecular weight is 273 g/mol. The first-order valence-corrected chi connectivity index (χ1v) is 8.12. The first kappa shape index (κ1) is 13.9. The summed E-state index contributed by atoms with van der Waals surface area (Å²) in [6.07, 6.45) is 5.16. The Morgan fingerprint density at radius 1 is 1.15 bits per heavy atom. The van der Waals surface area contributed by atoms with Gasteiger partial charge in [-0.1, -0.05) is 25.5 Å². The third-order valence-electron chi connectivity index (χ3n) is 4.96. The monoisotopic (exact) mass is 273 g/mol. The maximum absolute atomic E-state index is 6.09. The lowest BCUT2D eigenvalue weighted by Gasteiger charge is -2.45. The Labute approximate surface area is 122 Å². The van der Waals surface area contributed by atoms with Gasteiger partial charge in [-0.25, -0.2) is 0 Å². The van der Waals surface area contributed by atoms with Crippen molar-refractivity contribution in [3.63, 3.8) is 0 Å². The van der Waals surface area contributed by atoms with E-state index in [2.05, 4.69) is 41.0 Å². The molecule has 0 aromatic heterocycles. The minimum absolute atomic E-state index is 0.180. The van der Waals surface area contributed by atoms with Crippen molar-refractivity contribution in [3.05, 3.63) is 29.8 Å². The second kappa shape index (κ2) is 6.15. The van der Waals surface area contributed by atoms with Gasteiger partial charge in [0.05, 0.1) is 0 Å². The Morgan fingerprint density at radius 2 is 1.95 bits per heavy atom. The molecular weight excluding hydrogens is 246 g/mol. The molecule has 20 heavy (non-hydrogen) atoms. The van der Waals surface area contributed by atoms with Crippen LogP contribution in [0.25, 0.3) is 0 Å². The summed E-state index contributed by atoms with van der Waals surface area (Å²) in [7, 11) is 0. The smallest absolute Gasteiger partial charge is 0.0367 e. The van der Waals surface area contributed by atoms with Gasteiger partial charge < -0.3 is 10.6 Å². The summed E-state index contributed by atoms with van der Waals surface area (Å²) in [6, 6.07) is 9.87. The van der Waals surface area contributed by atoms with Crippen molar-refractivity contribution in [2.75, 3.05) is 31.1 Å². The van der Waals surface area contributed by atoms with Crippen LogP contribution in [0.2, 0.25) is 0 Å². The number of anilines is 1. The van der Waals surface area contributed by atoms with Gasteiger partial charge >= 0.3 is 0 Å². The molecule has 2 heterocycles. The molecule has 1 aromatic rings. The zero-order valence-corrected chi connectivity index (χ0v) is 12.6. The van der Waals surface area contributed by atoms with Crippen LogP contribution >= 0.6 is 0 Å². The molecule has 0 saturated carbocycles. The van der Waals surface area contributed by atoms with Crippen LogP contribution in [0.5, 0.6) is 0 Å². The Hall–Kier alpha value is -1.06. The van der Waals surface area contributed by atoms with E-state index in [4.69, 9.17) is 5.73 Å². The Balaban J connectivity index is 1.67. The lowest BCUT2D eigenvalue weighted by Crippen LogP contribution is -2.54. The molecular formula is C17H27N3. The molecule has 2 fully saturated rings. The molecule has 2 saturated heterocycles. The van der Waals surface area contributed by atoms with E-state index in [1.54, 1.807) is 0 Å². The normalized spacial score (nSPS) is 25.3. The van der Waals surface area contributed by atoms with Crippen LogP contribution in [0.15, 0.2) is 24.3 Å². The number of hydrogen-bond donors (Lipinski definition) is 1. The van der Waals surface area contributed by atoms with Gasteiger partial charge in [0.25, 0.3) is 0 Å². The lowest BCUT2D eigenvalue weighted by molar-refractivity contribution is 0.133. The summed E-state index contributed by atoms with van der Waals surface area (Å²) in [5, 5.41) is 0. The van der Waals surface area contributed by atoms with Crippen LogP contribution in [0.1, 0.15) is 44.2 Å². The van der Waals surface area contributed by atoms with Gasteiger partial charge in [-0.05, 0) is 43.5 Å². The molecule has 2 unspecified atom stereocenters. The molecule has 0 radical (unpaired) electrons. The van der Waals surface area contributed by atoms with Crippen molar-refractivity contribution in [2.24, 2.45) is 5.73 Å². The maximum atomic E-state index is 6.09. The summed E-state index contributed by atoms with van der Waals surface area (Å²) in [5.41, 5.74) is 8.71. The number of nitrogens with zero attached hydrogens (tertiary/aromatic N) is 2. The van der Waals surface area contributed by atoms with Crippen molar-refractivity contribution >= 4 is 5.69 Å². The highest BCUT2D eigenvalue weighted by Crippen LogP contribution is 2.26. The number of hydrogen-bond acceptors (Lipinski definition) is 3. The van der Waals surface area contributed by atoms with E-state index in [0.717, 1.165) is 19.0 Å². The Morgan fingerprint density at radius 3 is 2.70 bits per heavy atom. The number of benzene rings is 1. The molecule has 0 amide bonds. The Kier molecular flexibility index (Phi) is 4.27. The van der Waals surface area contributed by atoms with Crippen molar-refractivity contribution < 1.29 is 0 Å². The predicted octanol–water partition coefficient (Wildman–Crippen LogP) is 2.77. The predicted molar refractivity (Wildman–Crippen MR) is 85.1 cm³/mol. The largest absolute Gasteiger partial charge is 0.369 e. The van der Waals surface area contributed by atoms with E-state index < -0.39 is 0 Å². The van der Waals surface area contributed by atoms with E-state index >= 15 is 0 Å². The molecule has 0 aliphatic carbocycles. The molecule has 1 aromatic carbocycles. The van der Waals surface area contributed by atoms with Crippen molar-refractivity contribution in [1.29, 1.82) is 0 Å². The number of piperidine rings is 1. The van der Waals surface area contributed by atoms with Crippen molar-refractivity contribution in [3.8, 4) is 0 Å². The van der Waals surface area contributed by atoms with Gasteiger partial charge in [0.1, 0.15) is 0 Å². The van der Waals surface area contributed by atoms with Crippen LogP contribution in [0.3, 0.4) is 0 Å². The summed E-state index contributed by atoms with van der Waals surface area (Å²) >= 11 is 0. The number of fused-ring (bicyclic) bond motifs is 1.